The Morgan fingerprint density at radius 1 is 0.545 bits per heavy atom. The van der Waals surface area contributed by atoms with Crippen LogP contribution in [0.2, 0.25) is 0 Å². The topological polar surface area (TPSA) is 65.2 Å². The average molecular weight is 603 g/mol. The minimum atomic E-state index is 0.0958. The fraction of sp³-hybridized carbons (Fsp3) is 0.650. The molecule has 2 aromatic carbocycles. The number of unbranched alkanes of at least 4 members (excludes halogenated alkanes) is 14. The predicted octanol–water partition coefficient (Wildman–Crippen LogP) is 11.3. The molecule has 0 amide bonds. The molecule has 0 heterocycles. The zero-order chi connectivity index (χ0) is 31.2. The number of rotatable bonds is 22. The van der Waals surface area contributed by atoms with Gasteiger partial charge in [0.05, 0.1) is 12.1 Å². The highest BCUT2D eigenvalue weighted by atomic mass is 16.3. The molecule has 2 N–H and O–H groups in total. The highest BCUT2D eigenvalue weighted by molar-refractivity contribution is 5.84. The van der Waals surface area contributed by atoms with Gasteiger partial charge in [0.15, 0.2) is 0 Å². The summed E-state index contributed by atoms with van der Waals surface area (Å²) in [5.41, 5.74) is 4.16. The van der Waals surface area contributed by atoms with Crippen LogP contribution in [0.15, 0.2) is 46.4 Å². The van der Waals surface area contributed by atoms with E-state index in [1.807, 2.05) is 24.6 Å². The van der Waals surface area contributed by atoms with E-state index >= 15 is 0 Å². The zero-order valence-electron chi connectivity index (χ0n) is 28.1. The Balaban J connectivity index is 1.50. The molecule has 0 saturated heterocycles. The number of benzene rings is 2. The van der Waals surface area contributed by atoms with E-state index < -0.39 is 0 Å². The summed E-state index contributed by atoms with van der Waals surface area (Å²) in [6, 6.07) is 12.2. The molecule has 1 saturated carbocycles. The van der Waals surface area contributed by atoms with Gasteiger partial charge in [0.2, 0.25) is 0 Å². The van der Waals surface area contributed by atoms with E-state index in [-0.39, 0.29) is 12.1 Å². The third kappa shape index (κ3) is 14.0. The van der Waals surface area contributed by atoms with Crippen LogP contribution in [0.25, 0.3) is 0 Å². The number of nitrogens with zero attached hydrogens (tertiary/aromatic N) is 2. The predicted molar refractivity (Wildman–Crippen MR) is 190 cm³/mol. The molecule has 44 heavy (non-hydrogen) atoms. The van der Waals surface area contributed by atoms with Crippen LogP contribution in [0.1, 0.15) is 165 Å². The Morgan fingerprint density at radius 2 is 0.909 bits per heavy atom. The Bertz CT molecular complexity index is 1020. The van der Waals surface area contributed by atoms with Crippen molar-refractivity contribution in [1.29, 1.82) is 0 Å². The summed E-state index contributed by atoms with van der Waals surface area (Å²) in [5, 5.41) is 21.1. The van der Waals surface area contributed by atoms with Gasteiger partial charge in [0.1, 0.15) is 11.5 Å². The number of aromatic hydroxyl groups is 2. The highest BCUT2D eigenvalue weighted by Crippen LogP contribution is 2.26. The lowest BCUT2D eigenvalue weighted by molar-refractivity contribution is 0.390. The van der Waals surface area contributed by atoms with Crippen molar-refractivity contribution in [3.63, 3.8) is 0 Å². The van der Waals surface area contributed by atoms with Crippen LogP contribution in [0, 0.1) is 0 Å². The third-order valence-electron chi connectivity index (χ3n) is 9.33. The largest absolute Gasteiger partial charge is 0.507 e. The van der Waals surface area contributed by atoms with Gasteiger partial charge in [-0.1, -0.05) is 129 Å². The number of phenolic OH excluding ortho intramolecular Hbond substituents is 2. The van der Waals surface area contributed by atoms with E-state index in [0.29, 0.717) is 11.5 Å². The summed E-state index contributed by atoms with van der Waals surface area (Å²) in [6.45, 7) is 4.53. The van der Waals surface area contributed by atoms with Gasteiger partial charge >= 0.3 is 0 Å². The minimum absolute atomic E-state index is 0.0958. The lowest BCUT2D eigenvalue weighted by Crippen LogP contribution is -2.27. The molecule has 1 aliphatic carbocycles. The first-order valence-corrected chi connectivity index (χ1v) is 18.3. The van der Waals surface area contributed by atoms with Gasteiger partial charge in [-0.05, 0) is 73.9 Å². The van der Waals surface area contributed by atoms with Gasteiger partial charge in [-0.15, -0.1) is 0 Å². The number of phenols is 2. The molecule has 0 spiro atoms. The molecule has 0 aliphatic heterocycles. The second kappa shape index (κ2) is 22.0. The molecule has 0 aromatic heterocycles. The first kappa shape index (κ1) is 35.9. The molecule has 4 nitrogen and oxygen atoms in total. The molecule has 0 radical (unpaired) electrons. The lowest BCUT2D eigenvalue weighted by Gasteiger charge is -2.25. The number of aryl methyl sites for hydroxylation is 2. The molecule has 0 unspecified atom stereocenters. The van der Waals surface area contributed by atoms with Crippen molar-refractivity contribution >= 4 is 12.4 Å². The van der Waals surface area contributed by atoms with Crippen molar-refractivity contribution in [3.05, 3.63) is 58.7 Å². The van der Waals surface area contributed by atoms with Crippen LogP contribution < -0.4 is 0 Å². The summed E-state index contributed by atoms with van der Waals surface area (Å²) >= 11 is 0. The first-order valence-electron chi connectivity index (χ1n) is 18.3. The van der Waals surface area contributed by atoms with E-state index in [2.05, 4.69) is 38.1 Å². The van der Waals surface area contributed by atoms with Crippen molar-refractivity contribution in [2.75, 3.05) is 0 Å². The normalized spacial score (nSPS) is 17.2. The van der Waals surface area contributed by atoms with Gasteiger partial charge in [-0.25, -0.2) is 0 Å². The van der Waals surface area contributed by atoms with Crippen molar-refractivity contribution in [2.24, 2.45) is 9.98 Å². The summed E-state index contributed by atoms with van der Waals surface area (Å²) in [4.78, 5) is 9.91. The maximum atomic E-state index is 10.5. The monoisotopic (exact) mass is 602 g/mol. The van der Waals surface area contributed by atoms with Crippen molar-refractivity contribution in [1.82, 2.24) is 0 Å². The molecule has 1 fully saturated rings. The van der Waals surface area contributed by atoms with E-state index in [4.69, 9.17) is 9.98 Å². The first-order chi connectivity index (χ1) is 21.6. The SMILES string of the molecule is CCCCCCCCCCc1ccc(O)c(C=N[C@H]2CCCC[C@@H]2N=Cc2cc(CCCCCCCCCC)ccc2O)c1. The summed E-state index contributed by atoms with van der Waals surface area (Å²) in [6.07, 6.45) is 31.2. The molecule has 2 aromatic rings. The van der Waals surface area contributed by atoms with Crippen LogP contribution >= 0.6 is 0 Å². The van der Waals surface area contributed by atoms with Gasteiger partial charge in [0.25, 0.3) is 0 Å². The molecule has 1 aliphatic rings. The van der Waals surface area contributed by atoms with Crippen LogP contribution in [0.3, 0.4) is 0 Å². The Labute approximate surface area is 269 Å². The second-order valence-electron chi connectivity index (χ2n) is 13.2. The summed E-state index contributed by atoms with van der Waals surface area (Å²) in [5.74, 6) is 0.588. The summed E-state index contributed by atoms with van der Waals surface area (Å²) in [7, 11) is 0. The highest BCUT2D eigenvalue weighted by Gasteiger charge is 2.23. The molecule has 4 heteroatoms. The molecular weight excluding hydrogens is 540 g/mol. The Kier molecular flexibility index (Phi) is 17.9. The van der Waals surface area contributed by atoms with Gasteiger partial charge in [-0.3, -0.25) is 9.98 Å². The van der Waals surface area contributed by atoms with Gasteiger partial charge in [0, 0.05) is 23.6 Å². The van der Waals surface area contributed by atoms with Crippen molar-refractivity contribution < 1.29 is 10.2 Å². The number of aliphatic imine (C=N–C) groups is 2. The van der Waals surface area contributed by atoms with Crippen LogP contribution in [-0.2, 0) is 12.8 Å². The quantitative estimate of drug-likeness (QED) is 0.104. The Morgan fingerprint density at radius 3 is 1.30 bits per heavy atom. The van der Waals surface area contributed by atoms with E-state index in [9.17, 15) is 10.2 Å². The summed E-state index contributed by atoms with van der Waals surface area (Å²) < 4.78 is 0. The maximum Gasteiger partial charge on any atom is 0.124 e. The van der Waals surface area contributed by atoms with Crippen LogP contribution in [0.5, 0.6) is 11.5 Å². The van der Waals surface area contributed by atoms with E-state index in [1.54, 1.807) is 0 Å². The van der Waals surface area contributed by atoms with Gasteiger partial charge in [-0.2, -0.15) is 0 Å². The molecule has 0 bridgehead atoms. The standard InChI is InChI=1S/C40H62N2O2/c1-3-5-7-9-11-13-15-17-21-33-25-27-39(43)35(29-33)31-41-37-23-19-20-24-38(37)42-32-36-30-34(26-28-40(36)44)22-18-16-14-12-10-8-6-4-2/h25-32,37-38,43-44H,3-24H2,1-2H3/t37-,38-/m0/s1. The van der Waals surface area contributed by atoms with Crippen LogP contribution in [-0.4, -0.2) is 34.7 Å². The van der Waals surface area contributed by atoms with Crippen molar-refractivity contribution in [3.8, 4) is 11.5 Å². The van der Waals surface area contributed by atoms with Crippen LogP contribution in [0.4, 0.5) is 0 Å². The molecule has 2 atom stereocenters. The Hall–Kier alpha value is -2.62. The van der Waals surface area contributed by atoms with E-state index in [1.165, 1.54) is 114 Å². The zero-order valence-corrected chi connectivity index (χ0v) is 28.1. The molecule has 3 rings (SSSR count). The fourth-order valence-electron chi connectivity index (χ4n) is 6.44. The maximum absolute atomic E-state index is 10.5. The van der Waals surface area contributed by atoms with E-state index in [0.717, 1.165) is 49.7 Å². The minimum Gasteiger partial charge on any atom is -0.507 e. The van der Waals surface area contributed by atoms with Gasteiger partial charge < -0.3 is 10.2 Å². The molecule has 244 valence electrons. The third-order valence-corrected chi connectivity index (χ3v) is 9.33. The lowest BCUT2D eigenvalue weighted by atomic mass is 9.91. The second-order valence-corrected chi connectivity index (χ2v) is 13.2. The number of hydrogen-bond donors (Lipinski definition) is 2. The molecular formula is C40H62N2O2. The smallest absolute Gasteiger partial charge is 0.124 e. The fourth-order valence-corrected chi connectivity index (χ4v) is 6.44. The number of hydrogen-bond acceptors (Lipinski definition) is 4. The van der Waals surface area contributed by atoms with Crippen molar-refractivity contribution in [2.45, 2.75) is 167 Å². The average Bonchev–Trinajstić information content (AvgIpc) is 3.04.